The molecule has 2 heterocycles. The molecule has 0 radical (unpaired) electrons. The molecule has 2 N–H and O–H groups in total. The predicted octanol–water partition coefficient (Wildman–Crippen LogP) is 1.48. The van der Waals surface area contributed by atoms with Crippen LogP contribution >= 0.6 is 0 Å². The summed E-state index contributed by atoms with van der Waals surface area (Å²) in [5.74, 6) is 0.0348. The minimum Gasteiger partial charge on any atom is -0.338 e. The van der Waals surface area contributed by atoms with E-state index < -0.39 is 5.91 Å². The van der Waals surface area contributed by atoms with Crippen LogP contribution in [0, 0.1) is 6.92 Å². The molecule has 8 heteroatoms. The molecule has 1 aliphatic heterocycles. The van der Waals surface area contributed by atoms with Gasteiger partial charge in [0, 0.05) is 12.6 Å². The van der Waals surface area contributed by atoms with Crippen LogP contribution in [0.25, 0.3) is 0 Å². The molecule has 1 aromatic heterocycles. The lowest BCUT2D eigenvalue weighted by molar-refractivity contribution is -0.113. The SMILES string of the molecule is C=C1C(=O)N=C(n2nc(C)cc2NC(=O)NCCC)N=C1C. The topological polar surface area (TPSA) is 101 Å². The summed E-state index contributed by atoms with van der Waals surface area (Å²) in [4.78, 5) is 31.6. The zero-order valence-electron chi connectivity index (χ0n) is 12.8. The van der Waals surface area contributed by atoms with E-state index in [4.69, 9.17) is 0 Å². The number of carbonyl (C=O) groups excluding carboxylic acids is 2. The van der Waals surface area contributed by atoms with Gasteiger partial charge in [-0.05, 0) is 20.3 Å². The highest BCUT2D eigenvalue weighted by Crippen LogP contribution is 2.14. The molecule has 3 amide bonds. The summed E-state index contributed by atoms with van der Waals surface area (Å²) in [6.45, 7) is 9.59. The number of nitrogens with one attached hydrogen (secondary N) is 2. The molecule has 0 fully saturated rings. The van der Waals surface area contributed by atoms with E-state index in [1.54, 1.807) is 19.9 Å². The third kappa shape index (κ3) is 3.27. The number of aliphatic imine (C=N–C) groups is 2. The molecule has 1 aliphatic rings. The van der Waals surface area contributed by atoms with Crippen molar-refractivity contribution in [2.75, 3.05) is 11.9 Å². The van der Waals surface area contributed by atoms with Gasteiger partial charge in [-0.1, -0.05) is 13.5 Å². The highest BCUT2D eigenvalue weighted by atomic mass is 16.2. The molecule has 8 nitrogen and oxygen atoms in total. The van der Waals surface area contributed by atoms with E-state index >= 15 is 0 Å². The van der Waals surface area contributed by atoms with Crippen LogP contribution in [0.1, 0.15) is 26.0 Å². The highest BCUT2D eigenvalue weighted by Gasteiger charge is 2.21. The maximum absolute atomic E-state index is 11.8. The van der Waals surface area contributed by atoms with E-state index in [2.05, 4.69) is 32.3 Å². The van der Waals surface area contributed by atoms with Crippen molar-refractivity contribution in [3.63, 3.8) is 0 Å². The maximum atomic E-state index is 11.8. The van der Waals surface area contributed by atoms with Crippen LogP contribution in [0.3, 0.4) is 0 Å². The normalized spacial score (nSPS) is 14.5. The minimum atomic E-state index is -0.461. The standard InChI is InChI=1S/C14H18N6O2/c1-5-6-15-14(22)17-11-7-8(2)19-20(11)13-16-10(4)9(3)12(21)18-13/h7H,3,5-6H2,1-2,4H3,(H2,15,17,22). The van der Waals surface area contributed by atoms with Gasteiger partial charge < -0.3 is 5.32 Å². The largest absolute Gasteiger partial charge is 0.338 e. The van der Waals surface area contributed by atoms with Crippen molar-refractivity contribution in [3.05, 3.63) is 23.9 Å². The molecule has 0 aromatic carbocycles. The first-order valence-electron chi connectivity index (χ1n) is 6.92. The number of amides is 3. The second kappa shape index (κ2) is 6.33. The van der Waals surface area contributed by atoms with Crippen molar-refractivity contribution >= 4 is 29.4 Å². The van der Waals surface area contributed by atoms with Gasteiger partial charge in [0.2, 0.25) is 0 Å². The van der Waals surface area contributed by atoms with Crippen molar-refractivity contribution in [2.24, 2.45) is 9.98 Å². The maximum Gasteiger partial charge on any atom is 0.320 e. The van der Waals surface area contributed by atoms with Gasteiger partial charge in [0.15, 0.2) is 0 Å². The van der Waals surface area contributed by atoms with Crippen molar-refractivity contribution < 1.29 is 9.59 Å². The summed E-state index contributed by atoms with van der Waals surface area (Å²) in [5.41, 5.74) is 1.39. The smallest absolute Gasteiger partial charge is 0.320 e. The van der Waals surface area contributed by atoms with E-state index in [-0.39, 0.29) is 17.6 Å². The van der Waals surface area contributed by atoms with Gasteiger partial charge in [-0.3, -0.25) is 10.1 Å². The van der Waals surface area contributed by atoms with Crippen LogP contribution in [-0.4, -0.2) is 39.9 Å². The first kappa shape index (κ1) is 15.6. The van der Waals surface area contributed by atoms with Crippen LogP contribution in [0.5, 0.6) is 0 Å². The van der Waals surface area contributed by atoms with Crippen LogP contribution in [0.15, 0.2) is 28.2 Å². The number of nitrogens with zero attached hydrogens (tertiary/aromatic N) is 4. The average Bonchev–Trinajstić information content (AvgIpc) is 2.82. The Morgan fingerprint density at radius 2 is 2.09 bits per heavy atom. The Kier molecular flexibility index (Phi) is 4.50. The lowest BCUT2D eigenvalue weighted by Gasteiger charge is -2.13. The summed E-state index contributed by atoms with van der Waals surface area (Å²) in [7, 11) is 0. The molecule has 0 unspecified atom stereocenters. The van der Waals surface area contributed by atoms with Crippen LogP contribution < -0.4 is 10.6 Å². The molecular weight excluding hydrogens is 284 g/mol. The Labute approximate surface area is 128 Å². The van der Waals surface area contributed by atoms with Crippen molar-refractivity contribution in [1.82, 2.24) is 15.1 Å². The molecule has 22 heavy (non-hydrogen) atoms. The lowest BCUT2D eigenvalue weighted by atomic mass is 10.2. The Balaban J connectivity index is 2.29. The first-order chi connectivity index (χ1) is 10.4. The Bertz CT molecular complexity index is 698. The number of hydrogen-bond donors (Lipinski definition) is 2. The molecule has 0 bridgehead atoms. The van der Waals surface area contributed by atoms with Crippen LogP contribution in [0.4, 0.5) is 10.6 Å². The fraction of sp³-hybridized carbons (Fsp3) is 0.357. The van der Waals surface area contributed by atoms with Gasteiger partial charge in [-0.15, -0.1) is 0 Å². The van der Waals surface area contributed by atoms with Gasteiger partial charge in [-0.25, -0.2) is 9.79 Å². The highest BCUT2D eigenvalue weighted by molar-refractivity contribution is 6.27. The molecule has 116 valence electrons. The number of urea groups is 1. The van der Waals surface area contributed by atoms with Crippen molar-refractivity contribution in [1.29, 1.82) is 0 Å². The van der Waals surface area contributed by atoms with Gasteiger partial charge in [0.1, 0.15) is 5.82 Å². The number of hydrogen-bond acceptors (Lipinski definition) is 4. The minimum absolute atomic E-state index is 0.105. The quantitative estimate of drug-likeness (QED) is 0.827. The average molecular weight is 302 g/mol. The molecule has 0 atom stereocenters. The van der Waals surface area contributed by atoms with Gasteiger partial charge in [0.05, 0.1) is 17.0 Å². The van der Waals surface area contributed by atoms with Crippen molar-refractivity contribution in [2.45, 2.75) is 27.2 Å². The number of anilines is 1. The third-order valence-corrected chi connectivity index (χ3v) is 2.96. The molecule has 2 rings (SSSR count). The van der Waals surface area contributed by atoms with Gasteiger partial charge in [-0.2, -0.15) is 14.8 Å². The molecule has 0 saturated carbocycles. The van der Waals surface area contributed by atoms with E-state index in [1.807, 2.05) is 6.92 Å². The molecular formula is C14H18N6O2. The van der Waals surface area contributed by atoms with Gasteiger partial charge >= 0.3 is 6.03 Å². The first-order valence-corrected chi connectivity index (χ1v) is 6.92. The third-order valence-electron chi connectivity index (χ3n) is 2.96. The zero-order valence-corrected chi connectivity index (χ0v) is 12.8. The molecule has 0 spiro atoms. The summed E-state index contributed by atoms with van der Waals surface area (Å²) in [6, 6.07) is 1.32. The van der Waals surface area contributed by atoms with Crippen LogP contribution in [-0.2, 0) is 4.79 Å². The number of carbonyl (C=O) groups is 2. The summed E-state index contributed by atoms with van der Waals surface area (Å²) in [6.07, 6.45) is 0.832. The molecule has 0 aliphatic carbocycles. The Morgan fingerprint density at radius 3 is 2.73 bits per heavy atom. The number of aromatic nitrogens is 2. The van der Waals surface area contributed by atoms with E-state index in [0.717, 1.165) is 6.42 Å². The second-order valence-corrected chi connectivity index (χ2v) is 4.86. The Morgan fingerprint density at radius 1 is 1.36 bits per heavy atom. The fourth-order valence-corrected chi connectivity index (χ4v) is 1.79. The summed E-state index contributed by atoms with van der Waals surface area (Å²) < 4.78 is 1.33. The lowest BCUT2D eigenvalue weighted by Crippen LogP contribution is -2.31. The predicted molar refractivity (Wildman–Crippen MR) is 84.4 cm³/mol. The van der Waals surface area contributed by atoms with E-state index in [9.17, 15) is 9.59 Å². The summed E-state index contributed by atoms with van der Waals surface area (Å²) >= 11 is 0. The van der Waals surface area contributed by atoms with E-state index in [1.165, 1.54) is 4.68 Å². The van der Waals surface area contributed by atoms with E-state index in [0.29, 0.717) is 23.8 Å². The van der Waals surface area contributed by atoms with Gasteiger partial charge in [0.25, 0.3) is 11.9 Å². The Hall–Kier alpha value is -2.77. The number of aryl methyl sites for hydroxylation is 1. The molecule has 1 aromatic rings. The van der Waals surface area contributed by atoms with Crippen molar-refractivity contribution in [3.8, 4) is 0 Å². The summed E-state index contributed by atoms with van der Waals surface area (Å²) in [5, 5.41) is 9.58. The number of rotatable bonds is 3. The zero-order chi connectivity index (χ0) is 16.3. The fourth-order valence-electron chi connectivity index (χ4n) is 1.79. The van der Waals surface area contributed by atoms with Crippen LogP contribution in [0.2, 0.25) is 0 Å². The second-order valence-electron chi connectivity index (χ2n) is 4.86. The monoisotopic (exact) mass is 302 g/mol. The molecule has 0 saturated heterocycles.